The van der Waals surface area contributed by atoms with E-state index < -0.39 is 16.8 Å². The summed E-state index contributed by atoms with van der Waals surface area (Å²) in [5, 5.41) is 0. The Hall–Kier alpha value is -1.20. The molecule has 0 aliphatic carbocycles. The Morgan fingerprint density at radius 3 is 0.889 bits per heavy atom. The summed E-state index contributed by atoms with van der Waals surface area (Å²) in [5.74, 6) is 1.43. The molecule has 0 saturated heterocycles. The van der Waals surface area contributed by atoms with Gasteiger partial charge in [0.2, 0.25) is 0 Å². The number of unbranched alkanes of at least 4 members (excludes halogenated alkanes) is 18. The minimum atomic E-state index is -3.85. The van der Waals surface area contributed by atoms with Crippen LogP contribution in [-0.4, -0.2) is 9.79 Å². The van der Waals surface area contributed by atoms with Gasteiger partial charge >= 0.3 is 46.3 Å². The molecule has 0 fully saturated rings. The Kier molecular flexibility index (Phi) is 28.0. The van der Waals surface area contributed by atoms with Gasteiger partial charge in [0.05, 0.1) is 0 Å². The van der Waals surface area contributed by atoms with E-state index in [1.807, 2.05) is 36.4 Å². The third-order valence-corrected chi connectivity index (χ3v) is 12.5. The molecule has 0 aliphatic rings. The van der Waals surface area contributed by atoms with E-state index in [1.165, 1.54) is 132 Å². The van der Waals surface area contributed by atoms with Crippen molar-refractivity contribution in [3.8, 4) is 17.2 Å². The molecule has 298 valence electrons. The first-order valence-electron chi connectivity index (χ1n) is 21.1. The summed E-state index contributed by atoms with van der Waals surface area (Å²) in [6.45, 7) is 6.75. The Morgan fingerprint density at radius 1 is 0.407 bits per heavy atom. The molecule has 0 spiro atoms. The molecule has 0 heterocycles. The van der Waals surface area contributed by atoms with Gasteiger partial charge in [0.15, 0.2) is 17.2 Å². The fourth-order valence-electron chi connectivity index (χ4n) is 6.59. The van der Waals surface area contributed by atoms with Crippen LogP contribution < -0.4 is 43.1 Å². The van der Waals surface area contributed by atoms with Crippen LogP contribution in [0.2, 0.25) is 0 Å². The molecule has 3 aromatic rings. The molecular weight excluding hydrogens is 721 g/mol. The van der Waals surface area contributed by atoms with E-state index >= 15 is 0 Å². The summed E-state index contributed by atoms with van der Waals surface area (Å²) in [7, 11) is -6.72. The number of rotatable bonds is 32. The van der Waals surface area contributed by atoms with Gasteiger partial charge in [-0.15, -0.1) is 0 Å². The largest absolute Gasteiger partial charge is 1.00 e. The van der Waals surface area contributed by atoms with Crippen LogP contribution in [0.4, 0.5) is 0 Å². The molecule has 0 aliphatic heterocycles. The van der Waals surface area contributed by atoms with Crippen LogP contribution in [-0.2, 0) is 23.6 Å². The van der Waals surface area contributed by atoms with Gasteiger partial charge in [-0.05, 0) is 95.9 Å². The molecular formula is C45H72NaO6P2+. The van der Waals surface area contributed by atoms with E-state index in [2.05, 4.69) is 57.2 Å². The van der Waals surface area contributed by atoms with Crippen molar-refractivity contribution in [1.82, 2.24) is 0 Å². The summed E-state index contributed by atoms with van der Waals surface area (Å²) < 4.78 is 24.9. The summed E-state index contributed by atoms with van der Waals surface area (Å²) >= 11 is 0. The van der Waals surface area contributed by atoms with Crippen molar-refractivity contribution >= 4 is 16.8 Å². The van der Waals surface area contributed by atoms with Crippen LogP contribution in [0, 0.1) is 0 Å². The van der Waals surface area contributed by atoms with Gasteiger partial charge < -0.3 is 11.2 Å². The van der Waals surface area contributed by atoms with Crippen molar-refractivity contribution in [3.63, 3.8) is 0 Å². The van der Waals surface area contributed by atoms with E-state index in [9.17, 15) is 9.79 Å². The van der Waals surface area contributed by atoms with Crippen molar-refractivity contribution in [2.24, 2.45) is 0 Å². The summed E-state index contributed by atoms with van der Waals surface area (Å²) in [5.41, 5.74) is 3.70. The molecule has 0 unspecified atom stereocenters. The van der Waals surface area contributed by atoms with E-state index in [0.717, 1.165) is 38.5 Å². The monoisotopic (exact) mass is 793 g/mol. The first-order valence-corrected chi connectivity index (χ1v) is 23.7. The van der Waals surface area contributed by atoms with Crippen molar-refractivity contribution in [2.45, 2.75) is 175 Å². The Morgan fingerprint density at radius 2 is 0.648 bits per heavy atom. The van der Waals surface area contributed by atoms with Crippen LogP contribution in [0.25, 0.3) is 0 Å². The van der Waals surface area contributed by atoms with Crippen molar-refractivity contribution < 1.29 is 58.7 Å². The molecule has 0 atom stereocenters. The topological polar surface area (TPSA) is 77.4 Å². The van der Waals surface area contributed by atoms with Gasteiger partial charge in [0.25, 0.3) is 0 Å². The van der Waals surface area contributed by atoms with E-state index in [1.54, 1.807) is 0 Å². The zero-order chi connectivity index (χ0) is 37.8. The Bertz CT molecular complexity index is 1160. The number of hydrogen-bond donors (Lipinski definition) is 2. The van der Waals surface area contributed by atoms with Gasteiger partial charge in [-0.1, -0.05) is 173 Å². The number of aryl methyl sites for hydroxylation is 3. The first kappa shape index (κ1) is 48.9. The van der Waals surface area contributed by atoms with Crippen LogP contribution in [0.5, 0.6) is 17.2 Å². The molecule has 0 bridgehead atoms. The maximum Gasteiger partial charge on any atom is 1.00 e. The van der Waals surface area contributed by atoms with Crippen LogP contribution >= 0.6 is 16.8 Å². The van der Waals surface area contributed by atoms with Crippen molar-refractivity contribution in [3.05, 3.63) is 89.5 Å². The maximum atomic E-state index is 10.2. The van der Waals surface area contributed by atoms with Gasteiger partial charge in [0, 0.05) is 0 Å². The van der Waals surface area contributed by atoms with E-state index in [0.29, 0.717) is 17.2 Å². The first-order chi connectivity index (χ1) is 25.9. The molecule has 9 heteroatoms. The summed E-state index contributed by atoms with van der Waals surface area (Å²) in [6, 6.07) is 23.6. The fourth-order valence-corrected chi connectivity index (χ4v) is 8.96. The molecule has 0 aromatic heterocycles. The second-order valence-electron chi connectivity index (χ2n) is 14.6. The fraction of sp³-hybridized carbons (Fsp3) is 0.600. The minimum Gasteiger partial charge on any atom is -1.00 e. The summed E-state index contributed by atoms with van der Waals surface area (Å²) in [6.07, 6.45) is 29.8. The molecule has 6 nitrogen and oxygen atoms in total. The normalized spacial score (nSPS) is 11.4. The third-order valence-electron chi connectivity index (χ3n) is 9.80. The smallest absolute Gasteiger partial charge is 1.00 e. The molecule has 2 N–H and O–H groups in total. The minimum absolute atomic E-state index is 0. The second-order valence-corrected chi connectivity index (χ2v) is 17.2. The number of benzene rings is 3. The maximum absolute atomic E-state index is 10.2. The van der Waals surface area contributed by atoms with Crippen LogP contribution in [0.1, 0.15) is 174 Å². The zero-order valence-electron chi connectivity index (χ0n) is 35.3. The predicted molar refractivity (Wildman–Crippen MR) is 227 cm³/mol. The van der Waals surface area contributed by atoms with Gasteiger partial charge in [0.1, 0.15) is 0 Å². The number of hydrogen-bond acceptors (Lipinski definition) is 6. The van der Waals surface area contributed by atoms with Crippen molar-refractivity contribution in [2.75, 3.05) is 0 Å². The molecule has 0 radical (unpaired) electrons. The van der Waals surface area contributed by atoms with Crippen molar-refractivity contribution in [1.29, 1.82) is 0 Å². The predicted octanol–water partition coefficient (Wildman–Crippen LogP) is 12.1. The van der Waals surface area contributed by atoms with E-state index in [-0.39, 0.29) is 31.0 Å². The van der Waals surface area contributed by atoms with Gasteiger partial charge in [-0.2, -0.15) is 0 Å². The standard InChI is InChI=1S/C45H71O6P2.Na.H/c1-4-7-10-13-16-19-22-25-40-28-34-43(35-29-40)48-53(51-52(46)47,49-44-36-30-41(31-37-44)26-23-20-17-14-11-8-5-2)50-45-38-32-42(33-39-45)27-24-21-18-15-12-9-6-3;;/h28-39,46-47H,4-27H2,1-3H3;;/q2*+1;-1. The molecule has 54 heavy (non-hydrogen) atoms. The molecule has 3 aromatic carbocycles. The Balaban J connectivity index is 0.00000756. The van der Waals surface area contributed by atoms with E-state index in [4.69, 9.17) is 17.9 Å². The second kappa shape index (κ2) is 30.9. The van der Waals surface area contributed by atoms with Gasteiger partial charge in [-0.25, -0.2) is 13.6 Å². The average molecular weight is 794 g/mol. The quantitative estimate of drug-likeness (QED) is 0.0372. The van der Waals surface area contributed by atoms with Gasteiger partial charge in [-0.3, -0.25) is 0 Å². The molecule has 3 rings (SSSR count). The van der Waals surface area contributed by atoms with Crippen LogP contribution in [0.15, 0.2) is 72.8 Å². The Labute approximate surface area is 355 Å². The molecule has 0 saturated carbocycles. The third kappa shape index (κ3) is 21.9. The average Bonchev–Trinajstić information content (AvgIpc) is 3.15. The molecule has 0 amide bonds. The summed E-state index contributed by atoms with van der Waals surface area (Å²) in [4.78, 5) is 20.4. The van der Waals surface area contributed by atoms with Crippen LogP contribution in [0.3, 0.4) is 0 Å². The SMILES string of the molecule is CCCCCCCCCc1ccc(O[P+](Oc2ccc(CCCCCCCCC)cc2)(Oc2ccc(CCCCCCCCC)cc2)OP(O)O)cc1.[H-].[Na+]. The zero-order valence-corrected chi connectivity index (χ0v) is 38.1.